The number of hydrogen-bond donors (Lipinski definition) is 0. The van der Waals surface area contributed by atoms with Crippen LogP contribution in [0, 0.1) is 46.3 Å². The summed E-state index contributed by atoms with van der Waals surface area (Å²) >= 11 is 0. The van der Waals surface area contributed by atoms with E-state index < -0.39 is 0 Å². The lowest BCUT2D eigenvalue weighted by Gasteiger charge is -2.63. The van der Waals surface area contributed by atoms with Crippen molar-refractivity contribution in [3.05, 3.63) is 11.6 Å². The van der Waals surface area contributed by atoms with Crippen LogP contribution in [0.25, 0.3) is 0 Å². The highest BCUT2D eigenvalue weighted by atomic mass is 16.5. The molecule has 0 saturated heterocycles. The second-order valence-corrected chi connectivity index (χ2v) is 16.4. The summed E-state index contributed by atoms with van der Waals surface area (Å²) in [6.07, 6.45) is 28.8. The maximum absolute atomic E-state index is 12.7. The van der Waals surface area contributed by atoms with Crippen LogP contribution in [0.2, 0.25) is 0 Å². The highest BCUT2D eigenvalue weighted by Crippen LogP contribution is 2.72. The van der Waals surface area contributed by atoms with Crippen LogP contribution < -0.4 is 0 Å². The number of fused-ring (bicyclic) bond motifs is 4. The van der Waals surface area contributed by atoms with Crippen molar-refractivity contribution >= 4 is 11.9 Å². The third-order valence-corrected chi connectivity index (χ3v) is 13.9. The van der Waals surface area contributed by atoms with E-state index in [0.717, 1.165) is 61.7 Å². The lowest BCUT2D eigenvalue weighted by atomic mass is 9.43. The second-order valence-electron chi connectivity index (χ2n) is 16.4. The average Bonchev–Trinajstić information content (AvgIpc) is 3.75. The maximum atomic E-state index is 12.7. The second kappa shape index (κ2) is 13.6. The largest absolute Gasteiger partial charge is 0.462 e. The fraction of sp³-hybridized carbons (Fsp3) is 0.897. The molecule has 6 fully saturated rings. The average molecular weight is 595 g/mol. The molecule has 7 aliphatic carbocycles. The van der Waals surface area contributed by atoms with Gasteiger partial charge in [-0.25, -0.2) is 0 Å². The van der Waals surface area contributed by atoms with Gasteiger partial charge in [0.05, 0.1) is 0 Å². The molecule has 0 N–H and O–H groups in total. The number of carbonyl (C=O) groups excluding carboxylic acids is 2. The summed E-state index contributed by atoms with van der Waals surface area (Å²) in [7, 11) is 0. The van der Waals surface area contributed by atoms with Gasteiger partial charge in [-0.05, 0) is 105 Å². The molecule has 7 rings (SSSR count). The zero-order valence-corrected chi connectivity index (χ0v) is 27.9. The van der Waals surface area contributed by atoms with Gasteiger partial charge in [0.1, 0.15) is 12.2 Å². The minimum absolute atomic E-state index is 0.0465. The number of rotatable bonds is 8. The summed E-state index contributed by atoms with van der Waals surface area (Å²) in [6, 6.07) is 0. The van der Waals surface area contributed by atoms with Crippen molar-refractivity contribution in [1.82, 2.24) is 0 Å². The van der Waals surface area contributed by atoms with Crippen LogP contribution in [0.5, 0.6) is 0 Å². The van der Waals surface area contributed by atoms with Crippen LogP contribution >= 0.6 is 0 Å². The number of carbonyl (C=O) groups is 2. The standard InChI is InChI=1S/C36H54O4.C3H8/c1-35-20-18-27(39-33(37)16-10-24-6-2-3-7-24)22-26(35)12-13-28-29(35)19-21-36-23-32(31(36)15-14-30(28)36)40-34(38)17-11-25-8-4-5-9-25;1-3-2/h12,24-25,27-32H,2-11,13-23H2,1H3;3H2,1-2H3. The molecule has 1 spiro atoms. The molecule has 7 aliphatic rings. The van der Waals surface area contributed by atoms with Crippen molar-refractivity contribution in [3.8, 4) is 0 Å². The number of esters is 2. The predicted molar refractivity (Wildman–Crippen MR) is 172 cm³/mol. The van der Waals surface area contributed by atoms with Gasteiger partial charge in [0, 0.05) is 25.2 Å². The zero-order chi connectivity index (χ0) is 30.0. The molecule has 8 unspecified atom stereocenters. The van der Waals surface area contributed by atoms with Gasteiger partial charge >= 0.3 is 11.9 Å². The summed E-state index contributed by atoms with van der Waals surface area (Å²) < 4.78 is 12.2. The van der Waals surface area contributed by atoms with Gasteiger partial charge in [-0.3, -0.25) is 9.59 Å². The van der Waals surface area contributed by atoms with E-state index in [4.69, 9.17) is 9.47 Å². The minimum atomic E-state index is 0.0465. The highest BCUT2D eigenvalue weighted by molar-refractivity contribution is 5.70. The normalized spacial score (nSPS) is 40.1. The van der Waals surface area contributed by atoms with Crippen LogP contribution in [-0.4, -0.2) is 24.1 Å². The summed E-state index contributed by atoms with van der Waals surface area (Å²) in [4.78, 5) is 25.4. The van der Waals surface area contributed by atoms with E-state index in [0.29, 0.717) is 24.2 Å². The predicted octanol–water partition coefficient (Wildman–Crippen LogP) is 10.1. The molecule has 43 heavy (non-hydrogen) atoms. The van der Waals surface area contributed by atoms with Crippen molar-refractivity contribution in [2.75, 3.05) is 0 Å². The van der Waals surface area contributed by atoms with Crippen LogP contribution in [-0.2, 0) is 19.1 Å². The zero-order valence-electron chi connectivity index (χ0n) is 27.9. The van der Waals surface area contributed by atoms with Gasteiger partial charge in [0.2, 0.25) is 0 Å². The first-order chi connectivity index (χ1) is 20.9. The third-order valence-electron chi connectivity index (χ3n) is 13.9. The fourth-order valence-corrected chi connectivity index (χ4v) is 11.7. The molecule has 0 heterocycles. The first-order valence-electron chi connectivity index (χ1n) is 18.9. The molecule has 0 amide bonds. The van der Waals surface area contributed by atoms with Gasteiger partial charge < -0.3 is 9.47 Å². The molecule has 8 atom stereocenters. The first-order valence-corrected chi connectivity index (χ1v) is 18.9. The minimum Gasteiger partial charge on any atom is -0.462 e. The third kappa shape index (κ3) is 6.38. The summed E-state index contributed by atoms with van der Waals surface area (Å²) in [6.45, 7) is 6.80. The Hall–Kier alpha value is -1.32. The Morgan fingerprint density at radius 3 is 2.02 bits per heavy atom. The van der Waals surface area contributed by atoms with Gasteiger partial charge in [-0.15, -0.1) is 0 Å². The van der Waals surface area contributed by atoms with Crippen LogP contribution in [0.15, 0.2) is 11.6 Å². The van der Waals surface area contributed by atoms with E-state index in [1.54, 1.807) is 5.57 Å². The van der Waals surface area contributed by atoms with E-state index in [9.17, 15) is 9.59 Å². The van der Waals surface area contributed by atoms with E-state index >= 15 is 0 Å². The Labute approximate surface area is 262 Å². The molecule has 0 aromatic heterocycles. The molecule has 0 aliphatic heterocycles. The SMILES string of the molecule is CC12CCC(OC(=O)CCC3CCCC3)CC1=CCC1C2CCC23CC(OC(=O)CCC4CCCC4)C2CCC13.CCC. The summed E-state index contributed by atoms with van der Waals surface area (Å²) in [5, 5.41) is 0. The van der Waals surface area contributed by atoms with Gasteiger partial charge in [0.25, 0.3) is 0 Å². The van der Waals surface area contributed by atoms with Crippen molar-refractivity contribution in [1.29, 1.82) is 0 Å². The molecule has 6 saturated carbocycles. The van der Waals surface area contributed by atoms with Gasteiger partial charge in [0.15, 0.2) is 0 Å². The molecule has 242 valence electrons. The fourth-order valence-electron chi connectivity index (χ4n) is 11.7. The number of allylic oxidation sites excluding steroid dienone is 1. The molecule has 0 aromatic rings. The van der Waals surface area contributed by atoms with E-state index in [-0.39, 0.29) is 29.6 Å². The Morgan fingerprint density at radius 1 is 0.767 bits per heavy atom. The Balaban J connectivity index is 0.00000105. The summed E-state index contributed by atoms with van der Waals surface area (Å²) in [5.41, 5.74) is 2.33. The lowest BCUT2D eigenvalue weighted by molar-refractivity contribution is -0.193. The van der Waals surface area contributed by atoms with Gasteiger partial charge in [-0.2, -0.15) is 0 Å². The quantitative estimate of drug-likeness (QED) is 0.207. The monoisotopic (exact) mass is 594 g/mol. The number of ether oxygens (including phenoxy) is 2. The summed E-state index contributed by atoms with van der Waals surface area (Å²) in [5.74, 6) is 4.64. The molecule has 4 heteroatoms. The maximum Gasteiger partial charge on any atom is 0.306 e. The van der Waals surface area contributed by atoms with E-state index in [1.165, 1.54) is 96.3 Å². The van der Waals surface area contributed by atoms with Crippen LogP contribution in [0.3, 0.4) is 0 Å². The van der Waals surface area contributed by atoms with Crippen LogP contribution in [0.1, 0.15) is 162 Å². The van der Waals surface area contributed by atoms with Crippen molar-refractivity contribution < 1.29 is 19.1 Å². The van der Waals surface area contributed by atoms with E-state index in [1.807, 2.05) is 0 Å². The molecular formula is C39H62O4. The molecular weight excluding hydrogens is 532 g/mol. The number of hydrogen-bond acceptors (Lipinski definition) is 4. The first kappa shape index (κ1) is 31.7. The Kier molecular flexibility index (Phi) is 10.00. The van der Waals surface area contributed by atoms with Gasteiger partial charge in [-0.1, -0.05) is 90.2 Å². The topological polar surface area (TPSA) is 52.6 Å². The molecule has 0 bridgehead atoms. The molecule has 0 radical (unpaired) electrons. The van der Waals surface area contributed by atoms with Crippen LogP contribution in [0.4, 0.5) is 0 Å². The van der Waals surface area contributed by atoms with Crippen molar-refractivity contribution in [3.63, 3.8) is 0 Å². The highest BCUT2D eigenvalue weighted by Gasteiger charge is 2.67. The van der Waals surface area contributed by atoms with Crippen molar-refractivity contribution in [2.24, 2.45) is 46.3 Å². The Bertz CT molecular complexity index is 1000. The molecule has 0 aromatic carbocycles. The Morgan fingerprint density at radius 2 is 1.37 bits per heavy atom. The van der Waals surface area contributed by atoms with Crippen molar-refractivity contribution in [2.45, 2.75) is 174 Å². The van der Waals surface area contributed by atoms with E-state index in [2.05, 4.69) is 26.8 Å². The molecule has 4 nitrogen and oxygen atoms in total. The lowest BCUT2D eigenvalue weighted by Crippen LogP contribution is -2.59. The smallest absolute Gasteiger partial charge is 0.306 e.